The van der Waals surface area contributed by atoms with Gasteiger partial charge in [0.05, 0.1) is 18.2 Å². The van der Waals surface area contributed by atoms with E-state index in [4.69, 9.17) is 4.42 Å². The molecule has 0 fully saturated rings. The van der Waals surface area contributed by atoms with Gasteiger partial charge in [-0.1, -0.05) is 12.1 Å². The normalized spacial score (nSPS) is 10.1. The molecule has 21 heavy (non-hydrogen) atoms. The molecule has 0 aliphatic carbocycles. The highest BCUT2D eigenvalue weighted by molar-refractivity contribution is 7.98. The maximum Gasteiger partial charge on any atom is 0.313 e. The fraction of sp³-hybridized carbons (Fsp3) is 0.200. The number of hydrogen-bond donors (Lipinski definition) is 2. The first kappa shape index (κ1) is 15.2. The molecule has 0 atom stereocenters. The van der Waals surface area contributed by atoms with E-state index in [0.717, 1.165) is 10.5 Å². The summed E-state index contributed by atoms with van der Waals surface area (Å²) in [5.74, 6) is -1.31. The summed E-state index contributed by atoms with van der Waals surface area (Å²) < 4.78 is 4.93. The topological polar surface area (TPSA) is 71.3 Å². The van der Waals surface area contributed by atoms with E-state index < -0.39 is 11.8 Å². The molecule has 1 heterocycles. The number of anilines is 1. The maximum atomic E-state index is 11.8. The van der Waals surface area contributed by atoms with Gasteiger partial charge >= 0.3 is 11.8 Å². The van der Waals surface area contributed by atoms with Crippen LogP contribution in [0, 0.1) is 0 Å². The molecule has 2 aromatic rings. The Kier molecular flexibility index (Phi) is 5.45. The number of hydrogen-bond acceptors (Lipinski definition) is 4. The van der Waals surface area contributed by atoms with Gasteiger partial charge in [0.1, 0.15) is 0 Å². The first-order valence-electron chi connectivity index (χ1n) is 6.44. The third-order valence-electron chi connectivity index (χ3n) is 2.84. The summed E-state index contributed by atoms with van der Waals surface area (Å²) in [4.78, 5) is 24.5. The smallest absolute Gasteiger partial charge is 0.313 e. The molecule has 0 bridgehead atoms. The zero-order valence-electron chi connectivity index (χ0n) is 11.6. The van der Waals surface area contributed by atoms with Crippen LogP contribution in [0.2, 0.25) is 0 Å². The Morgan fingerprint density at radius 1 is 1.19 bits per heavy atom. The molecule has 0 unspecified atom stereocenters. The summed E-state index contributed by atoms with van der Waals surface area (Å²) in [7, 11) is 0. The van der Waals surface area contributed by atoms with Crippen molar-refractivity contribution in [1.82, 2.24) is 5.32 Å². The Morgan fingerprint density at radius 2 is 2.00 bits per heavy atom. The minimum Gasteiger partial charge on any atom is -0.472 e. The zero-order chi connectivity index (χ0) is 15.1. The number of furan rings is 1. The van der Waals surface area contributed by atoms with Gasteiger partial charge in [0.2, 0.25) is 0 Å². The molecule has 6 heteroatoms. The fourth-order valence-corrected chi connectivity index (χ4v) is 2.32. The molecule has 2 amide bonds. The van der Waals surface area contributed by atoms with E-state index >= 15 is 0 Å². The second-order valence-electron chi connectivity index (χ2n) is 4.29. The van der Waals surface area contributed by atoms with Gasteiger partial charge in [-0.15, -0.1) is 11.8 Å². The summed E-state index contributed by atoms with van der Waals surface area (Å²) in [6.07, 6.45) is 5.72. The van der Waals surface area contributed by atoms with Gasteiger partial charge in [0.25, 0.3) is 0 Å². The van der Waals surface area contributed by atoms with Crippen molar-refractivity contribution >= 4 is 29.3 Å². The van der Waals surface area contributed by atoms with Gasteiger partial charge in [-0.05, 0) is 36.4 Å². The van der Waals surface area contributed by atoms with Crippen LogP contribution in [0.3, 0.4) is 0 Å². The molecule has 0 saturated carbocycles. The Hall–Kier alpha value is -2.21. The van der Waals surface area contributed by atoms with Gasteiger partial charge in [-0.2, -0.15) is 0 Å². The van der Waals surface area contributed by atoms with Crippen LogP contribution in [0.25, 0.3) is 0 Å². The quantitative estimate of drug-likeness (QED) is 0.657. The molecular weight excluding hydrogens is 288 g/mol. The Morgan fingerprint density at radius 3 is 2.71 bits per heavy atom. The van der Waals surface area contributed by atoms with Crippen molar-refractivity contribution in [1.29, 1.82) is 0 Å². The minimum atomic E-state index is -0.663. The number of rotatable bonds is 5. The van der Waals surface area contributed by atoms with E-state index in [1.54, 1.807) is 18.6 Å². The van der Waals surface area contributed by atoms with Gasteiger partial charge in [0.15, 0.2) is 0 Å². The fourth-order valence-electron chi connectivity index (χ4n) is 1.76. The summed E-state index contributed by atoms with van der Waals surface area (Å²) in [5, 5.41) is 5.19. The van der Waals surface area contributed by atoms with Gasteiger partial charge in [0, 0.05) is 11.4 Å². The molecule has 5 nitrogen and oxygen atoms in total. The zero-order valence-corrected chi connectivity index (χ0v) is 12.4. The van der Waals surface area contributed by atoms with E-state index in [9.17, 15) is 9.59 Å². The molecule has 110 valence electrons. The summed E-state index contributed by atoms with van der Waals surface area (Å²) in [5.41, 5.74) is 1.61. The van der Waals surface area contributed by atoms with Crippen molar-refractivity contribution < 1.29 is 14.0 Å². The Bertz CT molecular complexity index is 611. The molecule has 1 aromatic carbocycles. The molecule has 0 radical (unpaired) electrons. The lowest BCUT2D eigenvalue weighted by Gasteiger charge is -2.09. The number of amides is 2. The third-order valence-corrected chi connectivity index (χ3v) is 3.64. The van der Waals surface area contributed by atoms with Gasteiger partial charge < -0.3 is 15.1 Å². The Labute approximate surface area is 127 Å². The van der Waals surface area contributed by atoms with Crippen molar-refractivity contribution in [2.24, 2.45) is 0 Å². The molecule has 2 rings (SSSR count). The first-order valence-corrected chi connectivity index (χ1v) is 7.66. The van der Waals surface area contributed by atoms with Crippen LogP contribution >= 0.6 is 11.8 Å². The maximum absolute atomic E-state index is 11.8. The lowest BCUT2D eigenvalue weighted by molar-refractivity contribution is -0.136. The Balaban J connectivity index is 1.83. The monoisotopic (exact) mass is 304 g/mol. The molecule has 0 aliphatic rings. The summed E-state index contributed by atoms with van der Waals surface area (Å²) in [6, 6.07) is 9.17. The van der Waals surface area contributed by atoms with Crippen LogP contribution in [0.1, 0.15) is 5.56 Å². The van der Waals surface area contributed by atoms with Crippen molar-refractivity contribution in [3.05, 3.63) is 48.4 Å². The largest absolute Gasteiger partial charge is 0.472 e. The van der Waals surface area contributed by atoms with Crippen molar-refractivity contribution in [2.75, 3.05) is 18.1 Å². The molecule has 0 aliphatic heterocycles. The van der Waals surface area contributed by atoms with Crippen molar-refractivity contribution in [2.45, 2.75) is 11.3 Å². The lowest BCUT2D eigenvalue weighted by atomic mass is 10.2. The number of benzene rings is 1. The number of carbonyl (C=O) groups excluding carboxylic acids is 2. The van der Waals surface area contributed by atoms with Crippen molar-refractivity contribution in [3.8, 4) is 0 Å². The van der Waals surface area contributed by atoms with Crippen molar-refractivity contribution in [3.63, 3.8) is 0 Å². The van der Waals surface area contributed by atoms with Crippen LogP contribution in [-0.2, 0) is 16.0 Å². The predicted molar refractivity (Wildman–Crippen MR) is 82.3 cm³/mol. The van der Waals surface area contributed by atoms with E-state index in [-0.39, 0.29) is 0 Å². The van der Waals surface area contributed by atoms with E-state index in [1.807, 2.05) is 30.5 Å². The SMILES string of the molecule is CSc1ccccc1NC(=O)C(=O)NCCc1ccoc1. The molecular formula is C15H16N2O3S. The molecule has 1 aromatic heterocycles. The van der Waals surface area contributed by atoms with Crippen LogP contribution in [0.5, 0.6) is 0 Å². The average molecular weight is 304 g/mol. The average Bonchev–Trinajstić information content (AvgIpc) is 3.01. The van der Waals surface area contributed by atoms with E-state index in [1.165, 1.54) is 11.8 Å². The lowest BCUT2D eigenvalue weighted by Crippen LogP contribution is -2.36. The second kappa shape index (κ2) is 7.54. The predicted octanol–water partition coefficient (Wildman–Crippen LogP) is 2.30. The second-order valence-corrected chi connectivity index (χ2v) is 5.14. The highest BCUT2D eigenvalue weighted by atomic mass is 32.2. The standard InChI is InChI=1S/C15H16N2O3S/c1-21-13-5-3-2-4-12(13)17-15(19)14(18)16-8-6-11-7-9-20-10-11/h2-5,7,9-10H,6,8H2,1H3,(H,16,18)(H,17,19). The number of carbonyl (C=O) groups is 2. The van der Waals surface area contributed by atoms with Gasteiger partial charge in [-0.3, -0.25) is 9.59 Å². The highest BCUT2D eigenvalue weighted by Crippen LogP contribution is 2.24. The number of para-hydroxylation sites is 1. The molecule has 0 spiro atoms. The summed E-state index contributed by atoms with van der Waals surface area (Å²) in [6.45, 7) is 0.385. The van der Waals surface area contributed by atoms with Crippen LogP contribution in [0.15, 0.2) is 52.2 Å². The van der Waals surface area contributed by atoms with E-state index in [0.29, 0.717) is 18.7 Å². The summed E-state index contributed by atoms with van der Waals surface area (Å²) >= 11 is 1.51. The number of thioether (sulfide) groups is 1. The van der Waals surface area contributed by atoms with Crippen LogP contribution < -0.4 is 10.6 Å². The third kappa shape index (κ3) is 4.39. The van der Waals surface area contributed by atoms with E-state index in [2.05, 4.69) is 10.6 Å². The molecule has 2 N–H and O–H groups in total. The number of nitrogens with one attached hydrogen (secondary N) is 2. The highest BCUT2D eigenvalue weighted by Gasteiger charge is 2.14. The van der Waals surface area contributed by atoms with Crippen LogP contribution in [-0.4, -0.2) is 24.6 Å². The first-order chi connectivity index (χ1) is 10.2. The minimum absolute atomic E-state index is 0.385. The molecule has 0 saturated heterocycles. The van der Waals surface area contributed by atoms with Crippen LogP contribution in [0.4, 0.5) is 5.69 Å². The van der Waals surface area contributed by atoms with Gasteiger partial charge in [-0.25, -0.2) is 0 Å².